The molecular formula is C16H17N3O3. The van der Waals surface area contributed by atoms with E-state index in [-0.39, 0.29) is 5.91 Å². The predicted molar refractivity (Wildman–Crippen MR) is 79.4 cm³/mol. The highest BCUT2D eigenvalue weighted by molar-refractivity contribution is 5.91. The van der Waals surface area contributed by atoms with Gasteiger partial charge in [-0.05, 0) is 30.7 Å². The third kappa shape index (κ3) is 3.66. The van der Waals surface area contributed by atoms with E-state index in [4.69, 9.17) is 8.83 Å². The van der Waals surface area contributed by atoms with Crippen molar-refractivity contribution in [1.29, 1.82) is 0 Å². The smallest absolute Gasteiger partial charge is 0.286 e. The standard InChI is InChI=1S/C16H17N3O3/c20-16(18-7-1-3-13-4-2-10-21-13)15-6-5-14(22-15)11-19-9-8-17-12-19/h2,4-6,8-10,12H,1,3,7,11H2,(H,18,20). The lowest BCUT2D eigenvalue weighted by Crippen LogP contribution is -2.24. The molecule has 0 spiro atoms. The first kappa shape index (κ1) is 14.2. The number of hydrogen-bond acceptors (Lipinski definition) is 4. The highest BCUT2D eigenvalue weighted by atomic mass is 16.4. The molecule has 6 nitrogen and oxygen atoms in total. The maximum absolute atomic E-state index is 12.0. The summed E-state index contributed by atoms with van der Waals surface area (Å²) < 4.78 is 12.7. The van der Waals surface area contributed by atoms with Crippen LogP contribution in [0.4, 0.5) is 0 Å². The van der Waals surface area contributed by atoms with Crippen molar-refractivity contribution in [3.8, 4) is 0 Å². The second-order valence-corrected chi connectivity index (χ2v) is 4.94. The highest BCUT2D eigenvalue weighted by Crippen LogP contribution is 2.10. The number of hydrogen-bond donors (Lipinski definition) is 1. The molecule has 3 aromatic rings. The van der Waals surface area contributed by atoms with Crippen LogP contribution < -0.4 is 5.32 Å². The molecule has 0 unspecified atom stereocenters. The first-order valence-corrected chi connectivity index (χ1v) is 7.16. The van der Waals surface area contributed by atoms with Crippen molar-refractivity contribution in [2.75, 3.05) is 6.54 Å². The SMILES string of the molecule is O=C(NCCCc1ccco1)c1ccc(Cn2ccnc2)o1. The average molecular weight is 299 g/mol. The fraction of sp³-hybridized carbons (Fsp3) is 0.250. The Balaban J connectivity index is 1.45. The number of nitrogens with one attached hydrogen (secondary N) is 1. The van der Waals surface area contributed by atoms with Crippen molar-refractivity contribution in [2.24, 2.45) is 0 Å². The minimum atomic E-state index is -0.198. The normalized spacial score (nSPS) is 10.7. The number of rotatable bonds is 7. The number of furan rings is 2. The number of imidazole rings is 1. The van der Waals surface area contributed by atoms with Crippen LogP contribution in [0.1, 0.15) is 28.5 Å². The summed E-state index contributed by atoms with van der Waals surface area (Å²) in [5.41, 5.74) is 0. The molecule has 1 amide bonds. The molecule has 0 saturated carbocycles. The zero-order chi connectivity index (χ0) is 15.2. The molecule has 0 atom stereocenters. The molecule has 6 heteroatoms. The molecule has 0 aliphatic heterocycles. The van der Waals surface area contributed by atoms with Gasteiger partial charge in [-0.3, -0.25) is 4.79 Å². The van der Waals surface area contributed by atoms with Crippen LogP contribution in [0.2, 0.25) is 0 Å². The minimum Gasteiger partial charge on any atom is -0.469 e. The topological polar surface area (TPSA) is 73.2 Å². The van der Waals surface area contributed by atoms with Crippen LogP contribution >= 0.6 is 0 Å². The lowest BCUT2D eigenvalue weighted by Gasteiger charge is -2.02. The van der Waals surface area contributed by atoms with Gasteiger partial charge in [-0.1, -0.05) is 0 Å². The van der Waals surface area contributed by atoms with Gasteiger partial charge in [0.1, 0.15) is 11.5 Å². The third-order valence-corrected chi connectivity index (χ3v) is 3.25. The van der Waals surface area contributed by atoms with Crippen LogP contribution in [-0.2, 0) is 13.0 Å². The van der Waals surface area contributed by atoms with Crippen LogP contribution in [0.25, 0.3) is 0 Å². The maximum atomic E-state index is 12.0. The minimum absolute atomic E-state index is 0.198. The monoisotopic (exact) mass is 299 g/mol. The fourth-order valence-electron chi connectivity index (χ4n) is 2.15. The third-order valence-electron chi connectivity index (χ3n) is 3.25. The summed E-state index contributed by atoms with van der Waals surface area (Å²) in [4.78, 5) is 15.9. The number of amides is 1. The average Bonchev–Trinajstić information content (AvgIpc) is 3.26. The van der Waals surface area contributed by atoms with Crippen LogP contribution in [-0.4, -0.2) is 22.0 Å². The van der Waals surface area contributed by atoms with Gasteiger partial charge in [0.05, 0.1) is 19.1 Å². The van der Waals surface area contributed by atoms with Crippen LogP contribution in [0.3, 0.4) is 0 Å². The quantitative estimate of drug-likeness (QED) is 0.680. The maximum Gasteiger partial charge on any atom is 0.286 e. The van der Waals surface area contributed by atoms with Gasteiger partial charge in [0, 0.05) is 25.4 Å². The van der Waals surface area contributed by atoms with Gasteiger partial charge >= 0.3 is 0 Å². The second-order valence-electron chi connectivity index (χ2n) is 4.94. The molecule has 0 fully saturated rings. The summed E-state index contributed by atoms with van der Waals surface area (Å²) in [7, 11) is 0. The Bertz CT molecular complexity index is 699. The molecule has 3 aromatic heterocycles. The summed E-state index contributed by atoms with van der Waals surface area (Å²) in [6, 6.07) is 7.28. The fourth-order valence-corrected chi connectivity index (χ4v) is 2.15. The Morgan fingerprint density at radius 3 is 3.00 bits per heavy atom. The Morgan fingerprint density at radius 2 is 2.23 bits per heavy atom. The molecule has 114 valence electrons. The van der Waals surface area contributed by atoms with E-state index >= 15 is 0 Å². The summed E-state index contributed by atoms with van der Waals surface area (Å²) in [6.45, 7) is 1.14. The van der Waals surface area contributed by atoms with E-state index < -0.39 is 0 Å². The molecule has 0 aromatic carbocycles. The number of aryl methyl sites for hydroxylation is 1. The van der Waals surface area contributed by atoms with Gasteiger partial charge in [0.25, 0.3) is 5.91 Å². The molecule has 3 heterocycles. The first-order valence-electron chi connectivity index (χ1n) is 7.16. The van der Waals surface area contributed by atoms with Crippen LogP contribution in [0.15, 0.2) is 58.1 Å². The van der Waals surface area contributed by atoms with E-state index in [0.29, 0.717) is 18.8 Å². The number of aromatic nitrogens is 2. The summed E-state index contributed by atoms with van der Waals surface area (Å²) in [5.74, 6) is 1.78. The van der Waals surface area contributed by atoms with E-state index in [1.165, 1.54) is 0 Å². The predicted octanol–water partition coefficient (Wildman–Crippen LogP) is 2.48. The first-order chi connectivity index (χ1) is 10.8. The molecule has 0 aliphatic carbocycles. The zero-order valence-corrected chi connectivity index (χ0v) is 12.1. The van der Waals surface area contributed by atoms with Crippen molar-refractivity contribution in [1.82, 2.24) is 14.9 Å². The van der Waals surface area contributed by atoms with E-state index in [9.17, 15) is 4.79 Å². The van der Waals surface area contributed by atoms with Gasteiger partial charge in [-0.15, -0.1) is 0 Å². The zero-order valence-electron chi connectivity index (χ0n) is 12.1. The molecule has 22 heavy (non-hydrogen) atoms. The molecule has 0 bridgehead atoms. The highest BCUT2D eigenvalue weighted by Gasteiger charge is 2.10. The van der Waals surface area contributed by atoms with Gasteiger partial charge in [0.2, 0.25) is 0 Å². The number of carbonyl (C=O) groups excluding carboxylic acids is 1. The second kappa shape index (κ2) is 6.80. The summed E-state index contributed by atoms with van der Waals surface area (Å²) >= 11 is 0. The van der Waals surface area contributed by atoms with Crippen molar-refractivity contribution in [2.45, 2.75) is 19.4 Å². The van der Waals surface area contributed by atoms with Crippen molar-refractivity contribution < 1.29 is 13.6 Å². The van der Waals surface area contributed by atoms with Crippen molar-refractivity contribution in [3.63, 3.8) is 0 Å². The number of carbonyl (C=O) groups is 1. The van der Waals surface area contributed by atoms with E-state index in [2.05, 4.69) is 10.3 Å². The number of nitrogens with zero attached hydrogens (tertiary/aromatic N) is 2. The molecule has 0 aliphatic rings. The Labute approximate surface area is 127 Å². The Kier molecular flexibility index (Phi) is 4.38. The van der Waals surface area contributed by atoms with E-state index in [0.717, 1.165) is 24.4 Å². The molecule has 3 rings (SSSR count). The van der Waals surface area contributed by atoms with Gasteiger partial charge in [-0.25, -0.2) is 4.98 Å². The van der Waals surface area contributed by atoms with E-state index in [1.54, 1.807) is 30.9 Å². The largest absolute Gasteiger partial charge is 0.469 e. The van der Waals surface area contributed by atoms with Crippen LogP contribution in [0.5, 0.6) is 0 Å². The molecule has 0 radical (unpaired) electrons. The Morgan fingerprint density at radius 1 is 1.27 bits per heavy atom. The van der Waals surface area contributed by atoms with Crippen LogP contribution in [0, 0.1) is 0 Å². The molecular weight excluding hydrogens is 282 g/mol. The molecule has 1 N–H and O–H groups in total. The van der Waals surface area contributed by atoms with Gasteiger partial charge in [0.15, 0.2) is 5.76 Å². The van der Waals surface area contributed by atoms with Crippen molar-refractivity contribution in [3.05, 3.63) is 66.5 Å². The van der Waals surface area contributed by atoms with E-state index in [1.807, 2.05) is 22.9 Å². The lowest BCUT2D eigenvalue weighted by molar-refractivity contribution is 0.0923. The van der Waals surface area contributed by atoms with Gasteiger partial charge < -0.3 is 18.7 Å². The Hall–Kier alpha value is -2.76. The van der Waals surface area contributed by atoms with Gasteiger partial charge in [-0.2, -0.15) is 0 Å². The van der Waals surface area contributed by atoms with Crippen molar-refractivity contribution >= 4 is 5.91 Å². The summed E-state index contributed by atoms with van der Waals surface area (Å²) in [5, 5.41) is 2.84. The molecule has 0 saturated heterocycles. The lowest BCUT2D eigenvalue weighted by atomic mass is 10.2. The summed E-state index contributed by atoms with van der Waals surface area (Å²) in [6.07, 6.45) is 8.53.